The topological polar surface area (TPSA) is 83.9 Å². The van der Waals surface area contributed by atoms with E-state index in [4.69, 9.17) is 14.5 Å². The van der Waals surface area contributed by atoms with Crippen molar-refractivity contribution in [1.82, 2.24) is 4.98 Å². The summed E-state index contributed by atoms with van der Waals surface area (Å²) in [6.45, 7) is 2.77. The molecule has 168 valence electrons. The number of nitrogens with zero attached hydrogens (tertiary/aromatic N) is 2. The van der Waals surface area contributed by atoms with Gasteiger partial charge >= 0.3 is 0 Å². The molecule has 3 heterocycles. The number of anilines is 2. The number of methoxy groups -OCH3 is 1. The van der Waals surface area contributed by atoms with Gasteiger partial charge in [0.15, 0.2) is 0 Å². The first-order valence-electron chi connectivity index (χ1n) is 10.6. The van der Waals surface area contributed by atoms with E-state index in [1.165, 1.54) is 11.3 Å². The molecule has 1 aliphatic rings. The zero-order valence-corrected chi connectivity index (χ0v) is 18.9. The molecule has 0 unspecified atom stereocenters. The number of pyridine rings is 1. The van der Waals surface area contributed by atoms with Crippen LogP contribution in [0.2, 0.25) is 0 Å². The highest BCUT2D eigenvalue weighted by Gasteiger charge is 2.25. The van der Waals surface area contributed by atoms with E-state index in [1.54, 1.807) is 19.2 Å². The van der Waals surface area contributed by atoms with E-state index in [1.807, 2.05) is 48.5 Å². The van der Waals surface area contributed by atoms with Crippen molar-refractivity contribution in [2.75, 3.05) is 43.6 Å². The van der Waals surface area contributed by atoms with Gasteiger partial charge in [0.1, 0.15) is 27.0 Å². The lowest BCUT2D eigenvalue weighted by molar-refractivity contribution is 0.102. The molecular formula is C25H23N3O4S. The number of fused-ring (bicyclic) bond motifs is 1. The second kappa shape index (κ2) is 9.09. The molecule has 0 saturated carbocycles. The Hall–Kier alpha value is -3.62. The number of nitrogens with one attached hydrogen (secondary N) is 1. The number of carbonyl (C=O) groups excluding carboxylic acids is 1. The molecule has 7 nitrogen and oxygen atoms in total. The fourth-order valence-corrected chi connectivity index (χ4v) is 4.93. The van der Waals surface area contributed by atoms with Crippen LogP contribution in [0.1, 0.15) is 9.67 Å². The van der Waals surface area contributed by atoms with Gasteiger partial charge in [0, 0.05) is 13.1 Å². The van der Waals surface area contributed by atoms with Gasteiger partial charge in [-0.2, -0.15) is 0 Å². The molecule has 33 heavy (non-hydrogen) atoms. The van der Waals surface area contributed by atoms with E-state index >= 15 is 0 Å². The second-order valence-electron chi connectivity index (χ2n) is 7.61. The van der Waals surface area contributed by atoms with Crippen molar-refractivity contribution in [1.29, 1.82) is 0 Å². The highest BCUT2D eigenvalue weighted by atomic mass is 32.1. The number of ether oxygens (including phenoxy) is 2. The molecule has 0 spiro atoms. The Balaban J connectivity index is 1.61. The maximum absolute atomic E-state index is 13.1. The summed E-state index contributed by atoms with van der Waals surface area (Å²) in [7, 11) is 1.55. The molecule has 2 N–H and O–H groups in total. The van der Waals surface area contributed by atoms with Gasteiger partial charge in [0.2, 0.25) is 0 Å². The molecule has 0 bridgehead atoms. The molecule has 1 aliphatic heterocycles. The van der Waals surface area contributed by atoms with Crippen molar-refractivity contribution >= 4 is 39.0 Å². The van der Waals surface area contributed by atoms with Gasteiger partial charge in [0.25, 0.3) is 5.91 Å². The Morgan fingerprint density at radius 3 is 2.61 bits per heavy atom. The van der Waals surface area contributed by atoms with Crippen LogP contribution < -0.4 is 15.0 Å². The minimum atomic E-state index is -0.410. The summed E-state index contributed by atoms with van der Waals surface area (Å²) < 4.78 is 10.8. The normalized spacial score (nSPS) is 13.8. The molecule has 8 heteroatoms. The number of hydrogen-bond donors (Lipinski definition) is 2. The van der Waals surface area contributed by atoms with Crippen molar-refractivity contribution < 1.29 is 19.4 Å². The summed E-state index contributed by atoms with van der Waals surface area (Å²) in [5, 5.41) is 14.6. The highest BCUT2D eigenvalue weighted by molar-refractivity contribution is 7.21. The molecule has 4 aromatic rings. The first kappa shape index (κ1) is 21.2. The average Bonchev–Trinajstić information content (AvgIpc) is 3.21. The van der Waals surface area contributed by atoms with Gasteiger partial charge in [0.05, 0.1) is 31.4 Å². The fourth-order valence-electron chi connectivity index (χ4n) is 3.95. The smallest absolute Gasteiger partial charge is 0.269 e. The van der Waals surface area contributed by atoms with Crippen LogP contribution in [0.3, 0.4) is 0 Å². The molecule has 1 fully saturated rings. The SMILES string of the molecule is COc1ccccc1NC(=O)c1sc2nc(N3CCOCC3)cc(-c3ccccc3)c2c1O. The lowest BCUT2D eigenvalue weighted by Gasteiger charge is -2.28. The minimum absolute atomic E-state index is 0.0673. The van der Waals surface area contributed by atoms with Gasteiger partial charge in [-0.1, -0.05) is 42.5 Å². The summed E-state index contributed by atoms with van der Waals surface area (Å²) in [5.41, 5.74) is 2.32. The van der Waals surface area contributed by atoms with E-state index in [-0.39, 0.29) is 10.6 Å². The second-order valence-corrected chi connectivity index (χ2v) is 8.61. The lowest BCUT2D eigenvalue weighted by atomic mass is 10.0. The Kier molecular flexibility index (Phi) is 5.85. The van der Waals surface area contributed by atoms with Crippen LogP contribution in [0, 0.1) is 0 Å². The van der Waals surface area contributed by atoms with E-state index < -0.39 is 5.91 Å². The third kappa shape index (κ3) is 4.10. The quantitative estimate of drug-likeness (QED) is 0.446. The minimum Gasteiger partial charge on any atom is -0.505 e. The first-order valence-corrected chi connectivity index (χ1v) is 11.5. The summed E-state index contributed by atoms with van der Waals surface area (Å²) in [4.78, 5) is 20.9. The van der Waals surface area contributed by atoms with E-state index in [9.17, 15) is 9.90 Å². The summed E-state index contributed by atoms with van der Waals surface area (Å²) in [6.07, 6.45) is 0. The van der Waals surface area contributed by atoms with E-state index in [0.29, 0.717) is 34.9 Å². The van der Waals surface area contributed by atoms with Crippen LogP contribution in [-0.4, -0.2) is 49.4 Å². The van der Waals surface area contributed by atoms with Crippen LogP contribution in [0.5, 0.6) is 11.5 Å². The molecule has 1 saturated heterocycles. The summed E-state index contributed by atoms with van der Waals surface area (Å²) in [5.74, 6) is 0.876. The number of benzene rings is 2. The molecule has 0 aliphatic carbocycles. The van der Waals surface area contributed by atoms with Crippen LogP contribution in [0.4, 0.5) is 11.5 Å². The average molecular weight is 462 g/mol. The van der Waals surface area contributed by atoms with Gasteiger partial charge in [-0.05, 0) is 29.3 Å². The molecule has 1 amide bonds. The Morgan fingerprint density at radius 1 is 1.12 bits per heavy atom. The standard InChI is InChI=1S/C25H23N3O4S/c1-31-19-10-6-5-9-18(19)26-24(30)23-22(29)21-17(16-7-3-2-4-8-16)15-20(27-25(21)33-23)28-11-13-32-14-12-28/h2-10,15,29H,11-14H2,1H3,(H,26,30). The molecule has 2 aromatic heterocycles. The Morgan fingerprint density at radius 2 is 1.85 bits per heavy atom. The molecule has 5 rings (SSSR count). The van der Waals surface area contributed by atoms with Crippen molar-refractivity contribution in [3.05, 3.63) is 65.5 Å². The molecular weight excluding hydrogens is 438 g/mol. The number of rotatable bonds is 5. The number of morpholine rings is 1. The molecule has 2 aromatic carbocycles. The highest BCUT2D eigenvalue weighted by Crippen LogP contribution is 2.44. The van der Waals surface area contributed by atoms with E-state index in [2.05, 4.69) is 10.2 Å². The van der Waals surface area contributed by atoms with Crippen LogP contribution >= 0.6 is 11.3 Å². The van der Waals surface area contributed by atoms with Crippen molar-refractivity contribution in [2.45, 2.75) is 0 Å². The predicted molar refractivity (Wildman–Crippen MR) is 131 cm³/mol. The number of thiophene rings is 1. The molecule has 0 radical (unpaired) electrons. The number of hydrogen-bond acceptors (Lipinski definition) is 7. The maximum Gasteiger partial charge on any atom is 0.269 e. The van der Waals surface area contributed by atoms with Gasteiger partial charge in [-0.3, -0.25) is 4.79 Å². The molecule has 0 atom stereocenters. The number of aromatic hydroxyl groups is 1. The van der Waals surface area contributed by atoms with E-state index in [0.717, 1.165) is 30.0 Å². The number of aromatic nitrogens is 1. The van der Waals surface area contributed by atoms with Gasteiger partial charge in [-0.15, -0.1) is 11.3 Å². The number of amides is 1. The van der Waals surface area contributed by atoms with Crippen LogP contribution in [-0.2, 0) is 4.74 Å². The largest absolute Gasteiger partial charge is 0.505 e. The van der Waals surface area contributed by atoms with Gasteiger partial charge in [-0.25, -0.2) is 4.98 Å². The third-order valence-corrected chi connectivity index (χ3v) is 6.68. The maximum atomic E-state index is 13.1. The predicted octanol–water partition coefficient (Wildman–Crippen LogP) is 4.77. The Labute approximate surface area is 195 Å². The van der Waals surface area contributed by atoms with Crippen molar-refractivity contribution in [3.63, 3.8) is 0 Å². The number of carbonyl (C=O) groups is 1. The zero-order valence-electron chi connectivity index (χ0n) is 18.1. The van der Waals surface area contributed by atoms with Crippen molar-refractivity contribution in [3.8, 4) is 22.6 Å². The van der Waals surface area contributed by atoms with Crippen LogP contribution in [0.15, 0.2) is 60.7 Å². The Bertz CT molecular complexity index is 1300. The monoisotopic (exact) mass is 461 g/mol. The van der Waals surface area contributed by atoms with Gasteiger partial charge < -0.3 is 24.8 Å². The zero-order chi connectivity index (χ0) is 22.8. The van der Waals surface area contributed by atoms with Crippen molar-refractivity contribution in [2.24, 2.45) is 0 Å². The lowest BCUT2D eigenvalue weighted by Crippen LogP contribution is -2.36. The summed E-state index contributed by atoms with van der Waals surface area (Å²) >= 11 is 1.18. The fraction of sp³-hybridized carbons (Fsp3) is 0.200. The first-order chi connectivity index (χ1) is 16.2. The third-order valence-electron chi connectivity index (χ3n) is 5.60. The number of para-hydroxylation sites is 2. The summed E-state index contributed by atoms with van der Waals surface area (Å²) in [6, 6.07) is 19.0. The van der Waals surface area contributed by atoms with Crippen LogP contribution in [0.25, 0.3) is 21.3 Å².